The Morgan fingerprint density at radius 3 is 2.23 bits per heavy atom. The second-order valence-electron chi connectivity index (χ2n) is 4.47. The summed E-state index contributed by atoms with van der Waals surface area (Å²) in [7, 11) is -3.57. The summed E-state index contributed by atoms with van der Waals surface area (Å²) < 4.78 is 23.4. The van der Waals surface area contributed by atoms with Gasteiger partial charge in [-0.1, -0.05) is 30.3 Å². The molecule has 2 N–H and O–H groups in total. The lowest BCUT2D eigenvalue weighted by atomic mass is 10.0. The van der Waals surface area contributed by atoms with Crippen molar-refractivity contribution < 1.29 is 13.5 Å². The molecule has 7 heteroatoms. The van der Waals surface area contributed by atoms with Gasteiger partial charge in [0, 0.05) is 17.0 Å². The zero-order chi connectivity index (χ0) is 16.0. The van der Waals surface area contributed by atoms with Crippen LogP contribution < -0.4 is 4.83 Å². The standard InChI is InChI=1S/C15H15ClN2O3S/c16-10-11-22(20,21)18-17-15(12-4-2-1-3-5-12)13-6-8-14(19)9-7-13/h1-9,18-19H,10-11H2/b17-15+. The van der Waals surface area contributed by atoms with Crippen molar-refractivity contribution >= 4 is 27.3 Å². The summed E-state index contributed by atoms with van der Waals surface area (Å²) in [5, 5.41) is 13.4. The molecule has 0 aliphatic carbocycles. The largest absolute Gasteiger partial charge is 0.508 e. The summed E-state index contributed by atoms with van der Waals surface area (Å²) in [6.45, 7) is 0. The van der Waals surface area contributed by atoms with E-state index in [1.54, 1.807) is 12.1 Å². The van der Waals surface area contributed by atoms with E-state index in [4.69, 9.17) is 11.6 Å². The number of hydrazone groups is 1. The molecule has 0 heterocycles. The SMILES string of the molecule is O=S(=O)(CCCl)N/N=C(\c1ccccc1)c1ccc(O)cc1. The Hall–Kier alpha value is -2.05. The zero-order valence-corrected chi connectivity index (χ0v) is 13.2. The first-order valence-corrected chi connectivity index (χ1v) is 8.68. The topological polar surface area (TPSA) is 78.8 Å². The van der Waals surface area contributed by atoms with Crippen molar-refractivity contribution in [2.75, 3.05) is 11.6 Å². The molecule has 0 aromatic heterocycles. The monoisotopic (exact) mass is 338 g/mol. The molecule has 0 radical (unpaired) electrons. The van der Waals surface area contributed by atoms with Gasteiger partial charge in [0.2, 0.25) is 10.0 Å². The molecule has 0 saturated carbocycles. The molecule has 116 valence electrons. The molecule has 0 fully saturated rings. The molecule has 0 unspecified atom stereocenters. The van der Waals surface area contributed by atoms with Crippen LogP contribution in [0.3, 0.4) is 0 Å². The van der Waals surface area contributed by atoms with Gasteiger partial charge in [0.05, 0.1) is 11.5 Å². The van der Waals surface area contributed by atoms with Gasteiger partial charge in [-0.05, 0) is 24.3 Å². The Kier molecular flexibility index (Phi) is 5.41. The van der Waals surface area contributed by atoms with Crippen LogP contribution in [0.2, 0.25) is 0 Å². The number of phenols is 1. The number of phenolic OH excluding ortho intramolecular Hbond substituents is 1. The lowest BCUT2D eigenvalue weighted by Gasteiger charge is -2.08. The van der Waals surface area contributed by atoms with E-state index >= 15 is 0 Å². The van der Waals surface area contributed by atoms with Gasteiger partial charge in [0.25, 0.3) is 0 Å². The summed E-state index contributed by atoms with van der Waals surface area (Å²) in [4.78, 5) is 2.18. The van der Waals surface area contributed by atoms with Crippen molar-refractivity contribution in [1.29, 1.82) is 0 Å². The van der Waals surface area contributed by atoms with E-state index in [2.05, 4.69) is 9.93 Å². The molecule has 0 aliphatic rings. The third kappa shape index (κ3) is 4.47. The fraction of sp³-hybridized carbons (Fsp3) is 0.133. The second kappa shape index (κ2) is 7.29. The Labute approximate surface area is 134 Å². The van der Waals surface area contributed by atoms with E-state index in [-0.39, 0.29) is 17.4 Å². The Bertz CT molecular complexity index is 744. The number of alkyl halides is 1. The van der Waals surface area contributed by atoms with Gasteiger partial charge in [-0.3, -0.25) is 0 Å². The smallest absolute Gasteiger partial charge is 0.248 e. The van der Waals surface area contributed by atoms with E-state index < -0.39 is 10.0 Å². The van der Waals surface area contributed by atoms with Gasteiger partial charge in [-0.25, -0.2) is 13.2 Å². The van der Waals surface area contributed by atoms with Gasteiger partial charge in [-0.15, -0.1) is 11.6 Å². The van der Waals surface area contributed by atoms with Gasteiger partial charge in [0.1, 0.15) is 5.75 Å². The van der Waals surface area contributed by atoms with Crippen molar-refractivity contribution in [2.24, 2.45) is 5.10 Å². The van der Waals surface area contributed by atoms with Gasteiger partial charge in [0.15, 0.2) is 0 Å². The summed E-state index contributed by atoms with van der Waals surface area (Å²) >= 11 is 5.46. The number of nitrogens with zero attached hydrogens (tertiary/aromatic N) is 1. The Morgan fingerprint density at radius 1 is 1.05 bits per heavy atom. The summed E-state index contributed by atoms with van der Waals surface area (Å²) in [6.07, 6.45) is 0. The normalized spacial score (nSPS) is 12.1. The first kappa shape index (κ1) is 16.3. The first-order valence-electron chi connectivity index (χ1n) is 6.50. The van der Waals surface area contributed by atoms with Crippen LogP contribution in [0.25, 0.3) is 0 Å². The molecule has 0 spiro atoms. The quantitative estimate of drug-likeness (QED) is 0.482. The highest BCUT2D eigenvalue weighted by atomic mass is 35.5. The van der Waals surface area contributed by atoms with Crippen LogP contribution in [0.5, 0.6) is 5.75 Å². The predicted molar refractivity (Wildman–Crippen MR) is 87.8 cm³/mol. The summed E-state index contributed by atoms with van der Waals surface area (Å²) in [5.41, 5.74) is 1.89. The molecule has 0 aliphatic heterocycles. The fourth-order valence-electron chi connectivity index (χ4n) is 1.77. The lowest BCUT2D eigenvalue weighted by molar-refractivity contribution is 0.475. The molecule has 0 atom stereocenters. The molecule has 0 bridgehead atoms. The number of hydrogen-bond donors (Lipinski definition) is 2. The molecule has 22 heavy (non-hydrogen) atoms. The highest BCUT2D eigenvalue weighted by Gasteiger charge is 2.11. The van der Waals surface area contributed by atoms with Crippen LogP contribution in [0.1, 0.15) is 11.1 Å². The minimum Gasteiger partial charge on any atom is -0.508 e. The van der Waals surface area contributed by atoms with Gasteiger partial charge >= 0.3 is 0 Å². The third-order valence-electron chi connectivity index (χ3n) is 2.83. The van der Waals surface area contributed by atoms with Crippen LogP contribution in [0, 0.1) is 0 Å². The van der Waals surface area contributed by atoms with E-state index in [1.165, 1.54) is 12.1 Å². The average Bonchev–Trinajstić information content (AvgIpc) is 2.50. The van der Waals surface area contributed by atoms with Crippen molar-refractivity contribution in [1.82, 2.24) is 4.83 Å². The second-order valence-corrected chi connectivity index (χ2v) is 6.67. The van der Waals surface area contributed by atoms with Crippen molar-refractivity contribution in [3.8, 4) is 5.75 Å². The molecule has 0 amide bonds. The summed E-state index contributed by atoms with van der Waals surface area (Å²) in [6, 6.07) is 15.5. The fourth-order valence-corrected chi connectivity index (χ4v) is 2.91. The van der Waals surface area contributed by atoms with Crippen LogP contribution in [-0.2, 0) is 10.0 Å². The van der Waals surface area contributed by atoms with Crippen molar-refractivity contribution in [2.45, 2.75) is 0 Å². The van der Waals surface area contributed by atoms with Gasteiger partial charge < -0.3 is 5.11 Å². The number of benzene rings is 2. The molecule has 2 rings (SSSR count). The molecular formula is C15H15ClN2O3S. The minimum atomic E-state index is -3.57. The van der Waals surface area contributed by atoms with Crippen LogP contribution in [0.15, 0.2) is 59.7 Å². The van der Waals surface area contributed by atoms with Crippen LogP contribution in [0.4, 0.5) is 0 Å². The number of aromatic hydroxyl groups is 1. The first-order chi connectivity index (χ1) is 10.5. The number of sulfonamides is 1. The molecule has 0 saturated heterocycles. The number of rotatable bonds is 6. The number of hydrogen-bond acceptors (Lipinski definition) is 4. The number of nitrogens with one attached hydrogen (secondary N) is 1. The molecular weight excluding hydrogens is 324 g/mol. The van der Waals surface area contributed by atoms with Crippen molar-refractivity contribution in [3.05, 3.63) is 65.7 Å². The van der Waals surface area contributed by atoms with E-state index in [0.717, 1.165) is 5.56 Å². The maximum atomic E-state index is 11.7. The van der Waals surface area contributed by atoms with Crippen molar-refractivity contribution in [3.63, 3.8) is 0 Å². The van der Waals surface area contributed by atoms with Gasteiger partial charge in [-0.2, -0.15) is 5.10 Å². The Morgan fingerprint density at radius 2 is 1.64 bits per heavy atom. The van der Waals surface area contributed by atoms with E-state index in [0.29, 0.717) is 11.3 Å². The predicted octanol–water partition coefficient (Wildman–Crippen LogP) is 2.30. The third-order valence-corrected chi connectivity index (χ3v) is 4.35. The zero-order valence-electron chi connectivity index (χ0n) is 11.6. The number of halogens is 1. The molecule has 5 nitrogen and oxygen atoms in total. The minimum absolute atomic E-state index is 0.00919. The van der Waals surface area contributed by atoms with E-state index in [1.807, 2.05) is 30.3 Å². The van der Waals surface area contributed by atoms with Crippen LogP contribution in [-0.4, -0.2) is 30.9 Å². The molecule has 2 aromatic carbocycles. The highest BCUT2D eigenvalue weighted by Crippen LogP contribution is 2.15. The highest BCUT2D eigenvalue weighted by molar-refractivity contribution is 7.89. The average molecular weight is 339 g/mol. The Balaban J connectivity index is 2.40. The molecule has 2 aromatic rings. The maximum Gasteiger partial charge on any atom is 0.248 e. The lowest BCUT2D eigenvalue weighted by Crippen LogP contribution is -2.24. The summed E-state index contributed by atoms with van der Waals surface area (Å²) in [5.74, 6) is -0.0978. The van der Waals surface area contributed by atoms with E-state index in [9.17, 15) is 13.5 Å². The van der Waals surface area contributed by atoms with Crippen LogP contribution >= 0.6 is 11.6 Å². The maximum absolute atomic E-state index is 11.7.